The lowest BCUT2D eigenvalue weighted by atomic mass is 10.1. The van der Waals surface area contributed by atoms with Gasteiger partial charge in [-0.05, 0) is 36.3 Å². The largest absolute Gasteiger partial charge is 0.489 e. The molecule has 1 aliphatic rings. The molecular formula is C20H21N3O. The van der Waals surface area contributed by atoms with Crippen molar-refractivity contribution >= 4 is 11.0 Å². The van der Waals surface area contributed by atoms with Crippen molar-refractivity contribution in [2.24, 2.45) is 0 Å². The van der Waals surface area contributed by atoms with E-state index in [9.17, 15) is 0 Å². The van der Waals surface area contributed by atoms with Gasteiger partial charge in [-0.1, -0.05) is 36.4 Å². The lowest BCUT2D eigenvalue weighted by Gasteiger charge is -2.25. The van der Waals surface area contributed by atoms with Gasteiger partial charge in [0, 0.05) is 13.1 Å². The minimum absolute atomic E-state index is 0.683. The molecule has 0 amide bonds. The van der Waals surface area contributed by atoms with E-state index >= 15 is 0 Å². The summed E-state index contributed by atoms with van der Waals surface area (Å²) in [5.41, 5.74) is 3.52. The topological polar surface area (TPSA) is 41.1 Å². The zero-order valence-electron chi connectivity index (χ0n) is 13.6. The van der Waals surface area contributed by atoms with Gasteiger partial charge in [0.1, 0.15) is 18.2 Å². The molecule has 122 valence electrons. The number of hydrogen-bond donors (Lipinski definition) is 1. The molecule has 2 aromatic carbocycles. The van der Waals surface area contributed by atoms with Crippen LogP contribution >= 0.6 is 0 Å². The maximum absolute atomic E-state index is 5.83. The summed E-state index contributed by atoms with van der Waals surface area (Å²) < 4.78 is 5.83. The van der Waals surface area contributed by atoms with E-state index in [4.69, 9.17) is 4.74 Å². The highest BCUT2D eigenvalue weighted by Gasteiger charge is 2.14. The van der Waals surface area contributed by atoms with Crippen molar-refractivity contribution in [2.75, 3.05) is 19.7 Å². The minimum Gasteiger partial charge on any atom is -0.489 e. The molecule has 0 spiro atoms. The number of rotatable bonds is 5. The molecule has 3 aromatic rings. The van der Waals surface area contributed by atoms with Crippen molar-refractivity contribution in [3.63, 3.8) is 0 Å². The van der Waals surface area contributed by atoms with Gasteiger partial charge in [0.15, 0.2) is 0 Å². The molecule has 4 nitrogen and oxygen atoms in total. The Morgan fingerprint density at radius 3 is 2.67 bits per heavy atom. The van der Waals surface area contributed by atoms with Crippen LogP contribution in [-0.2, 0) is 6.54 Å². The zero-order valence-corrected chi connectivity index (χ0v) is 13.6. The molecule has 2 heterocycles. The smallest absolute Gasteiger partial charge is 0.121 e. The summed E-state index contributed by atoms with van der Waals surface area (Å²) in [6, 6.07) is 18.2. The van der Waals surface area contributed by atoms with Crippen LogP contribution in [-0.4, -0.2) is 34.6 Å². The van der Waals surface area contributed by atoms with Gasteiger partial charge in [-0.15, -0.1) is 0 Å². The number of H-pyrrole nitrogens is 1. The molecule has 1 aliphatic heterocycles. The molecule has 0 fully saturated rings. The summed E-state index contributed by atoms with van der Waals surface area (Å²) in [5.74, 6) is 1.97. The Morgan fingerprint density at radius 2 is 1.88 bits per heavy atom. The molecule has 0 unspecified atom stereocenters. The standard InChI is InChI=1S/C20H21N3O/c1-2-6-17(7-3-1)24-15-16-10-12-23(13-11-16)14-20-21-18-8-4-5-9-19(18)22-20/h1-10H,11-15H2,(H,21,22). The van der Waals surface area contributed by atoms with Crippen LogP contribution in [0.5, 0.6) is 5.75 Å². The molecule has 0 saturated carbocycles. The fourth-order valence-electron chi connectivity index (χ4n) is 3.01. The lowest BCUT2D eigenvalue weighted by molar-refractivity contribution is 0.265. The highest BCUT2D eigenvalue weighted by Crippen LogP contribution is 2.17. The van der Waals surface area contributed by atoms with Crippen molar-refractivity contribution in [2.45, 2.75) is 13.0 Å². The molecule has 4 rings (SSSR count). The number of fused-ring (bicyclic) bond motifs is 1. The second-order valence-corrected chi connectivity index (χ2v) is 6.15. The zero-order chi connectivity index (χ0) is 16.2. The van der Waals surface area contributed by atoms with Crippen LogP contribution < -0.4 is 4.74 Å². The van der Waals surface area contributed by atoms with Crippen molar-refractivity contribution in [1.82, 2.24) is 14.9 Å². The Balaban J connectivity index is 1.32. The number of nitrogens with one attached hydrogen (secondary N) is 1. The van der Waals surface area contributed by atoms with Crippen molar-refractivity contribution < 1.29 is 4.74 Å². The Bertz CT molecular complexity index is 805. The van der Waals surface area contributed by atoms with E-state index in [-0.39, 0.29) is 0 Å². The first-order chi connectivity index (χ1) is 11.9. The van der Waals surface area contributed by atoms with Gasteiger partial charge < -0.3 is 9.72 Å². The second-order valence-electron chi connectivity index (χ2n) is 6.15. The van der Waals surface area contributed by atoms with E-state index in [1.54, 1.807) is 0 Å². The lowest BCUT2D eigenvalue weighted by Crippen LogP contribution is -2.29. The van der Waals surface area contributed by atoms with E-state index in [0.717, 1.165) is 48.7 Å². The first kappa shape index (κ1) is 15.0. The third-order valence-electron chi connectivity index (χ3n) is 4.37. The molecule has 0 saturated heterocycles. The van der Waals surface area contributed by atoms with Crippen LogP contribution in [0.2, 0.25) is 0 Å². The van der Waals surface area contributed by atoms with Gasteiger partial charge in [-0.2, -0.15) is 0 Å². The minimum atomic E-state index is 0.683. The number of para-hydroxylation sites is 3. The number of imidazole rings is 1. The van der Waals surface area contributed by atoms with E-state index < -0.39 is 0 Å². The summed E-state index contributed by atoms with van der Waals surface area (Å²) in [4.78, 5) is 10.5. The first-order valence-electron chi connectivity index (χ1n) is 8.38. The number of benzene rings is 2. The van der Waals surface area contributed by atoms with Gasteiger partial charge >= 0.3 is 0 Å². The Labute approximate surface area is 141 Å². The van der Waals surface area contributed by atoms with Gasteiger partial charge in [0.25, 0.3) is 0 Å². The average Bonchev–Trinajstić information content (AvgIpc) is 3.04. The van der Waals surface area contributed by atoms with Gasteiger partial charge in [0.05, 0.1) is 17.6 Å². The molecule has 24 heavy (non-hydrogen) atoms. The number of ether oxygens (including phenoxy) is 1. The van der Waals surface area contributed by atoms with Crippen molar-refractivity contribution in [3.05, 3.63) is 72.1 Å². The predicted octanol–water partition coefficient (Wildman–Crippen LogP) is 3.77. The van der Waals surface area contributed by atoms with Gasteiger partial charge in [0.2, 0.25) is 0 Å². The van der Waals surface area contributed by atoms with E-state index in [1.807, 2.05) is 48.5 Å². The SMILES string of the molecule is C1=C(COc2ccccc2)CCN(Cc2nc3ccccc3[nH]2)C1. The second kappa shape index (κ2) is 6.89. The molecule has 1 N–H and O–H groups in total. The number of hydrogen-bond acceptors (Lipinski definition) is 3. The van der Waals surface area contributed by atoms with Crippen LogP contribution in [0, 0.1) is 0 Å². The van der Waals surface area contributed by atoms with Gasteiger partial charge in [-0.3, -0.25) is 4.90 Å². The summed E-state index contributed by atoms with van der Waals surface area (Å²) in [6.07, 6.45) is 3.34. The molecule has 4 heteroatoms. The number of aromatic nitrogens is 2. The van der Waals surface area contributed by atoms with Crippen LogP contribution in [0.1, 0.15) is 12.2 Å². The fourth-order valence-corrected chi connectivity index (χ4v) is 3.01. The normalized spacial score (nSPS) is 15.4. The molecule has 0 bridgehead atoms. The van der Waals surface area contributed by atoms with Crippen LogP contribution in [0.3, 0.4) is 0 Å². The van der Waals surface area contributed by atoms with E-state index in [1.165, 1.54) is 5.57 Å². The van der Waals surface area contributed by atoms with Gasteiger partial charge in [-0.25, -0.2) is 4.98 Å². The summed E-state index contributed by atoms with van der Waals surface area (Å²) in [6.45, 7) is 3.53. The van der Waals surface area contributed by atoms with E-state index in [2.05, 4.69) is 27.0 Å². The Kier molecular flexibility index (Phi) is 4.30. The highest BCUT2D eigenvalue weighted by molar-refractivity contribution is 5.74. The molecule has 1 aromatic heterocycles. The number of nitrogens with zero attached hydrogens (tertiary/aromatic N) is 2. The summed E-state index contributed by atoms with van der Waals surface area (Å²) >= 11 is 0. The summed E-state index contributed by atoms with van der Waals surface area (Å²) in [5, 5.41) is 0. The third-order valence-corrected chi connectivity index (χ3v) is 4.37. The summed E-state index contributed by atoms with van der Waals surface area (Å²) in [7, 11) is 0. The average molecular weight is 319 g/mol. The molecule has 0 atom stereocenters. The monoisotopic (exact) mass is 319 g/mol. The molecular weight excluding hydrogens is 298 g/mol. The Hall–Kier alpha value is -2.59. The number of aromatic amines is 1. The van der Waals surface area contributed by atoms with E-state index in [0.29, 0.717) is 6.61 Å². The Morgan fingerprint density at radius 1 is 1.04 bits per heavy atom. The van der Waals surface area contributed by atoms with Crippen LogP contribution in [0.4, 0.5) is 0 Å². The predicted molar refractivity (Wildman–Crippen MR) is 96.0 cm³/mol. The van der Waals surface area contributed by atoms with Crippen LogP contribution in [0.15, 0.2) is 66.2 Å². The quantitative estimate of drug-likeness (QED) is 0.728. The molecule has 0 radical (unpaired) electrons. The maximum atomic E-state index is 5.83. The van der Waals surface area contributed by atoms with Crippen molar-refractivity contribution in [3.8, 4) is 5.75 Å². The third kappa shape index (κ3) is 3.49. The first-order valence-corrected chi connectivity index (χ1v) is 8.38. The van der Waals surface area contributed by atoms with Crippen LogP contribution in [0.25, 0.3) is 11.0 Å². The fraction of sp³-hybridized carbons (Fsp3) is 0.250. The maximum Gasteiger partial charge on any atom is 0.121 e. The molecule has 0 aliphatic carbocycles. The highest BCUT2D eigenvalue weighted by atomic mass is 16.5. The van der Waals surface area contributed by atoms with Crippen molar-refractivity contribution in [1.29, 1.82) is 0 Å².